The van der Waals surface area contributed by atoms with Crippen LogP contribution < -0.4 is 4.74 Å². The fourth-order valence-electron chi connectivity index (χ4n) is 2.85. The Kier molecular flexibility index (Phi) is 5.15. The SMILES string of the molecule is COc1ccc(S(=O)(=O)N2CCc3oc(CCC(C)C)nc3C2)cc1. The number of ether oxygens (including phenoxy) is 1. The number of hydrogen-bond donors (Lipinski definition) is 0. The van der Waals surface area contributed by atoms with Crippen molar-refractivity contribution in [2.24, 2.45) is 5.92 Å². The maximum atomic E-state index is 12.8. The molecular formula is C18H24N2O4S. The van der Waals surface area contributed by atoms with E-state index in [-0.39, 0.29) is 11.4 Å². The highest BCUT2D eigenvalue weighted by molar-refractivity contribution is 7.89. The number of oxazole rings is 1. The van der Waals surface area contributed by atoms with Gasteiger partial charge in [0.25, 0.3) is 0 Å². The van der Waals surface area contributed by atoms with Crippen LogP contribution in [-0.4, -0.2) is 31.4 Å². The number of fused-ring (bicyclic) bond motifs is 1. The van der Waals surface area contributed by atoms with Crippen LogP contribution in [0.25, 0.3) is 0 Å². The Balaban J connectivity index is 1.76. The van der Waals surface area contributed by atoms with E-state index in [1.807, 2.05) is 0 Å². The summed E-state index contributed by atoms with van der Waals surface area (Å²) in [6.07, 6.45) is 2.35. The minimum Gasteiger partial charge on any atom is -0.497 e. The molecule has 0 bridgehead atoms. The average molecular weight is 364 g/mol. The van der Waals surface area contributed by atoms with Crippen molar-refractivity contribution in [2.75, 3.05) is 13.7 Å². The second kappa shape index (κ2) is 7.17. The molecule has 1 aliphatic rings. The predicted octanol–water partition coefficient (Wildman–Crippen LogP) is 3.02. The molecule has 0 spiro atoms. The Morgan fingerprint density at radius 2 is 2.00 bits per heavy atom. The number of benzene rings is 1. The van der Waals surface area contributed by atoms with E-state index in [0.29, 0.717) is 30.5 Å². The van der Waals surface area contributed by atoms with Crippen molar-refractivity contribution in [1.82, 2.24) is 9.29 Å². The molecule has 1 aromatic carbocycles. The van der Waals surface area contributed by atoms with Crippen LogP contribution >= 0.6 is 0 Å². The maximum absolute atomic E-state index is 12.8. The zero-order valence-corrected chi connectivity index (χ0v) is 15.7. The summed E-state index contributed by atoms with van der Waals surface area (Å²) in [4.78, 5) is 4.78. The van der Waals surface area contributed by atoms with E-state index in [4.69, 9.17) is 9.15 Å². The van der Waals surface area contributed by atoms with Gasteiger partial charge in [0.1, 0.15) is 11.5 Å². The van der Waals surface area contributed by atoms with Crippen LogP contribution in [0.2, 0.25) is 0 Å². The van der Waals surface area contributed by atoms with Crippen LogP contribution in [0.5, 0.6) is 5.75 Å². The molecule has 7 heteroatoms. The van der Waals surface area contributed by atoms with Gasteiger partial charge in [0.2, 0.25) is 10.0 Å². The summed E-state index contributed by atoms with van der Waals surface area (Å²) < 4.78 is 38.0. The largest absolute Gasteiger partial charge is 0.497 e. The topological polar surface area (TPSA) is 72.6 Å². The van der Waals surface area contributed by atoms with Crippen LogP contribution in [0, 0.1) is 5.92 Å². The number of aromatic nitrogens is 1. The Labute approximate surface area is 148 Å². The molecule has 0 unspecified atom stereocenters. The molecule has 0 saturated heterocycles. The van der Waals surface area contributed by atoms with Gasteiger partial charge in [0.05, 0.1) is 24.2 Å². The zero-order chi connectivity index (χ0) is 18.0. The van der Waals surface area contributed by atoms with Gasteiger partial charge in [0, 0.05) is 19.4 Å². The normalized spacial score (nSPS) is 15.4. The highest BCUT2D eigenvalue weighted by atomic mass is 32.2. The molecule has 0 radical (unpaired) electrons. The van der Waals surface area contributed by atoms with Gasteiger partial charge in [0.15, 0.2) is 5.89 Å². The Hall–Kier alpha value is -1.86. The number of rotatable bonds is 6. The maximum Gasteiger partial charge on any atom is 0.243 e. The first-order valence-corrected chi connectivity index (χ1v) is 9.96. The second-order valence-corrected chi connectivity index (χ2v) is 8.61. The van der Waals surface area contributed by atoms with Crippen LogP contribution in [0.4, 0.5) is 0 Å². The van der Waals surface area contributed by atoms with Gasteiger partial charge in [-0.25, -0.2) is 13.4 Å². The highest BCUT2D eigenvalue weighted by Crippen LogP contribution is 2.27. The molecule has 2 aromatic rings. The molecule has 0 fully saturated rings. The molecule has 1 aromatic heterocycles. The first-order valence-electron chi connectivity index (χ1n) is 8.52. The lowest BCUT2D eigenvalue weighted by Crippen LogP contribution is -2.35. The van der Waals surface area contributed by atoms with E-state index in [1.165, 1.54) is 4.31 Å². The fourth-order valence-corrected chi connectivity index (χ4v) is 4.25. The van der Waals surface area contributed by atoms with E-state index in [1.54, 1.807) is 31.4 Å². The minimum atomic E-state index is -3.55. The summed E-state index contributed by atoms with van der Waals surface area (Å²) >= 11 is 0. The summed E-state index contributed by atoms with van der Waals surface area (Å²) in [5.41, 5.74) is 0.738. The quantitative estimate of drug-likeness (QED) is 0.788. The predicted molar refractivity (Wildman–Crippen MR) is 94.0 cm³/mol. The lowest BCUT2D eigenvalue weighted by molar-refractivity contribution is 0.354. The van der Waals surface area contributed by atoms with Gasteiger partial charge in [-0.2, -0.15) is 4.31 Å². The minimum absolute atomic E-state index is 0.259. The average Bonchev–Trinajstić information content (AvgIpc) is 3.02. The summed E-state index contributed by atoms with van der Waals surface area (Å²) in [5.74, 6) is 2.74. The van der Waals surface area contributed by atoms with Gasteiger partial charge in [-0.15, -0.1) is 0 Å². The summed E-state index contributed by atoms with van der Waals surface area (Å²) in [6.45, 7) is 4.98. The number of nitrogens with zero attached hydrogens (tertiary/aromatic N) is 2. The van der Waals surface area contributed by atoms with Gasteiger partial charge in [-0.3, -0.25) is 0 Å². The van der Waals surface area contributed by atoms with Gasteiger partial charge in [-0.05, 0) is 36.6 Å². The molecular weight excluding hydrogens is 340 g/mol. The molecule has 0 saturated carbocycles. The third-order valence-electron chi connectivity index (χ3n) is 4.37. The van der Waals surface area contributed by atoms with E-state index in [2.05, 4.69) is 18.8 Å². The molecule has 25 heavy (non-hydrogen) atoms. The van der Waals surface area contributed by atoms with Crippen molar-refractivity contribution in [1.29, 1.82) is 0 Å². The van der Waals surface area contributed by atoms with Crippen molar-refractivity contribution < 1.29 is 17.6 Å². The summed E-state index contributed by atoms with van der Waals surface area (Å²) in [7, 11) is -2.00. The van der Waals surface area contributed by atoms with Gasteiger partial charge in [-0.1, -0.05) is 13.8 Å². The molecule has 6 nitrogen and oxygen atoms in total. The highest BCUT2D eigenvalue weighted by Gasteiger charge is 2.31. The Morgan fingerprint density at radius 1 is 1.28 bits per heavy atom. The first kappa shape index (κ1) is 17.9. The fraction of sp³-hybridized carbons (Fsp3) is 0.500. The molecule has 0 atom stereocenters. The second-order valence-electron chi connectivity index (χ2n) is 6.67. The van der Waals surface area contributed by atoms with Crippen LogP contribution in [0.1, 0.15) is 37.6 Å². The van der Waals surface area contributed by atoms with E-state index >= 15 is 0 Å². The lowest BCUT2D eigenvalue weighted by Gasteiger charge is -2.24. The molecule has 2 heterocycles. The van der Waals surface area contributed by atoms with Crippen LogP contribution in [0.3, 0.4) is 0 Å². The Bertz CT molecular complexity index is 825. The van der Waals surface area contributed by atoms with Crippen LogP contribution in [0.15, 0.2) is 33.6 Å². The molecule has 1 aliphatic heterocycles. The van der Waals surface area contributed by atoms with Crippen molar-refractivity contribution in [3.05, 3.63) is 41.6 Å². The number of methoxy groups -OCH3 is 1. The zero-order valence-electron chi connectivity index (χ0n) is 14.9. The monoisotopic (exact) mass is 364 g/mol. The number of aryl methyl sites for hydroxylation is 1. The van der Waals surface area contributed by atoms with Crippen LogP contribution in [-0.2, 0) is 29.4 Å². The van der Waals surface area contributed by atoms with Crippen molar-refractivity contribution in [2.45, 2.75) is 44.6 Å². The molecule has 0 amide bonds. The van der Waals surface area contributed by atoms with Crippen molar-refractivity contribution >= 4 is 10.0 Å². The Morgan fingerprint density at radius 3 is 2.64 bits per heavy atom. The summed E-state index contributed by atoms with van der Waals surface area (Å²) in [5, 5.41) is 0. The smallest absolute Gasteiger partial charge is 0.243 e. The number of hydrogen-bond acceptors (Lipinski definition) is 5. The third kappa shape index (κ3) is 3.88. The molecule has 136 valence electrons. The summed E-state index contributed by atoms with van der Waals surface area (Å²) in [6, 6.07) is 6.45. The van der Waals surface area contributed by atoms with E-state index in [0.717, 1.165) is 24.3 Å². The number of sulfonamides is 1. The molecule has 3 rings (SSSR count). The van der Waals surface area contributed by atoms with E-state index < -0.39 is 10.0 Å². The lowest BCUT2D eigenvalue weighted by atomic mass is 10.1. The van der Waals surface area contributed by atoms with E-state index in [9.17, 15) is 8.42 Å². The third-order valence-corrected chi connectivity index (χ3v) is 6.23. The molecule has 0 N–H and O–H groups in total. The van der Waals surface area contributed by atoms with Gasteiger partial charge < -0.3 is 9.15 Å². The standard InChI is InChI=1S/C18H24N2O4S/c1-13(2)4-9-18-19-16-12-20(11-10-17(16)24-18)25(21,22)15-7-5-14(23-3)6-8-15/h5-8,13H,4,9-12H2,1-3H3. The van der Waals surface area contributed by atoms with Crippen molar-refractivity contribution in [3.63, 3.8) is 0 Å². The van der Waals surface area contributed by atoms with Crippen molar-refractivity contribution in [3.8, 4) is 5.75 Å². The molecule has 0 aliphatic carbocycles. The van der Waals surface area contributed by atoms with Gasteiger partial charge >= 0.3 is 0 Å². The first-order chi connectivity index (χ1) is 11.9.